The summed E-state index contributed by atoms with van der Waals surface area (Å²) >= 11 is 0. The van der Waals surface area contributed by atoms with Gasteiger partial charge >= 0.3 is 5.97 Å². The second kappa shape index (κ2) is 9.33. The number of likely N-dealkylation sites (N-methyl/N-ethyl adjacent to an activating group) is 1. The van der Waals surface area contributed by atoms with Crippen LogP contribution in [0.1, 0.15) is 12.5 Å². The smallest absolute Gasteiger partial charge is 0.319 e. The number of rotatable bonds is 9. The highest BCUT2D eigenvalue weighted by molar-refractivity contribution is 5.71. The fourth-order valence-corrected chi connectivity index (χ4v) is 1.82. The van der Waals surface area contributed by atoms with Gasteiger partial charge in [-0.2, -0.15) is 0 Å². The fraction of sp³-hybridized carbons (Fsp3) is 0.533. The molecule has 0 saturated heterocycles. The normalized spacial score (nSPS) is 12.2. The number of methoxy groups -OCH3 is 1. The van der Waals surface area contributed by atoms with Crippen LogP contribution in [0, 0.1) is 0 Å². The third-order valence-electron chi connectivity index (χ3n) is 3.10. The van der Waals surface area contributed by atoms with Gasteiger partial charge in [-0.25, -0.2) is 0 Å². The van der Waals surface area contributed by atoms with Crippen molar-refractivity contribution in [3.63, 3.8) is 0 Å². The first-order valence-electron chi connectivity index (χ1n) is 6.98. The molecule has 6 nitrogen and oxygen atoms in total. The first kappa shape index (κ1) is 17.4. The summed E-state index contributed by atoms with van der Waals surface area (Å²) in [5, 5.41) is 9.96. The number of esters is 1. The molecule has 1 unspecified atom stereocenters. The Morgan fingerprint density at radius 2 is 2.05 bits per heavy atom. The number of ether oxygens (including phenoxy) is 2. The molecule has 0 bridgehead atoms. The van der Waals surface area contributed by atoms with Gasteiger partial charge in [-0.05, 0) is 24.2 Å². The number of carbonyl (C=O) groups excluding carboxylic acids is 1. The van der Waals surface area contributed by atoms with E-state index in [4.69, 9.17) is 10.5 Å². The van der Waals surface area contributed by atoms with Gasteiger partial charge in [0.2, 0.25) is 0 Å². The Morgan fingerprint density at radius 1 is 1.38 bits per heavy atom. The highest BCUT2D eigenvalue weighted by Gasteiger charge is 2.14. The summed E-state index contributed by atoms with van der Waals surface area (Å²) in [7, 11) is 1.35. The lowest BCUT2D eigenvalue weighted by molar-refractivity contribution is -0.142. The monoisotopic (exact) mass is 296 g/mol. The minimum atomic E-state index is -0.677. The zero-order chi connectivity index (χ0) is 15.7. The average molecular weight is 296 g/mol. The van der Waals surface area contributed by atoms with Crippen molar-refractivity contribution in [3.05, 3.63) is 29.8 Å². The summed E-state index contributed by atoms with van der Waals surface area (Å²) in [6.45, 7) is 3.74. The van der Waals surface area contributed by atoms with E-state index in [0.717, 1.165) is 5.56 Å². The molecule has 0 amide bonds. The van der Waals surface area contributed by atoms with Gasteiger partial charge in [0.05, 0.1) is 13.7 Å². The highest BCUT2D eigenvalue weighted by atomic mass is 16.5. The summed E-state index contributed by atoms with van der Waals surface area (Å²) in [5.41, 5.74) is 6.55. The molecule has 0 heterocycles. The van der Waals surface area contributed by atoms with Crippen LogP contribution in [0.4, 0.5) is 0 Å². The van der Waals surface area contributed by atoms with Gasteiger partial charge in [0, 0.05) is 13.1 Å². The summed E-state index contributed by atoms with van der Waals surface area (Å²) in [6, 6.07) is 7.41. The van der Waals surface area contributed by atoms with Crippen LogP contribution < -0.4 is 10.5 Å². The van der Waals surface area contributed by atoms with Crippen molar-refractivity contribution in [1.29, 1.82) is 0 Å². The molecule has 0 aliphatic heterocycles. The minimum Gasteiger partial charge on any atom is -0.491 e. The van der Waals surface area contributed by atoms with E-state index >= 15 is 0 Å². The second-order valence-corrected chi connectivity index (χ2v) is 4.72. The predicted molar refractivity (Wildman–Crippen MR) is 80.0 cm³/mol. The van der Waals surface area contributed by atoms with Crippen molar-refractivity contribution >= 4 is 5.97 Å². The molecule has 0 spiro atoms. The average Bonchev–Trinajstić information content (AvgIpc) is 2.52. The van der Waals surface area contributed by atoms with E-state index in [2.05, 4.69) is 4.74 Å². The van der Waals surface area contributed by atoms with Crippen molar-refractivity contribution in [3.8, 4) is 5.75 Å². The van der Waals surface area contributed by atoms with Crippen LogP contribution in [0.25, 0.3) is 0 Å². The number of hydrogen-bond acceptors (Lipinski definition) is 6. The Labute approximate surface area is 125 Å². The molecule has 0 aliphatic carbocycles. The molecule has 1 rings (SSSR count). The predicted octanol–water partition coefficient (Wildman–Crippen LogP) is 0.380. The zero-order valence-electron chi connectivity index (χ0n) is 12.6. The summed E-state index contributed by atoms with van der Waals surface area (Å²) in [4.78, 5) is 13.0. The minimum absolute atomic E-state index is 0.162. The Balaban J connectivity index is 2.37. The van der Waals surface area contributed by atoms with Crippen LogP contribution in [-0.4, -0.2) is 55.4 Å². The Hall–Kier alpha value is -1.63. The maximum Gasteiger partial charge on any atom is 0.319 e. The van der Waals surface area contributed by atoms with Crippen molar-refractivity contribution in [2.24, 2.45) is 5.73 Å². The topological polar surface area (TPSA) is 85.0 Å². The zero-order valence-corrected chi connectivity index (χ0v) is 12.6. The number of nitrogens with zero attached hydrogens (tertiary/aromatic N) is 1. The van der Waals surface area contributed by atoms with Crippen molar-refractivity contribution in [2.75, 3.05) is 33.4 Å². The van der Waals surface area contributed by atoms with Gasteiger partial charge in [-0.15, -0.1) is 0 Å². The van der Waals surface area contributed by atoms with Crippen LogP contribution >= 0.6 is 0 Å². The van der Waals surface area contributed by atoms with Crippen LogP contribution in [0.2, 0.25) is 0 Å². The molecule has 0 aliphatic rings. The second-order valence-electron chi connectivity index (χ2n) is 4.72. The SMILES string of the molecule is CCN(CC(=O)OC)CC(O)COc1ccc(CN)cc1. The van der Waals surface area contributed by atoms with Crippen LogP contribution in [0.15, 0.2) is 24.3 Å². The van der Waals surface area contributed by atoms with E-state index in [-0.39, 0.29) is 19.1 Å². The van der Waals surface area contributed by atoms with E-state index in [1.165, 1.54) is 7.11 Å². The molecule has 1 aromatic rings. The van der Waals surface area contributed by atoms with Crippen molar-refractivity contribution < 1.29 is 19.4 Å². The third kappa shape index (κ3) is 6.57. The summed E-state index contributed by atoms with van der Waals surface area (Å²) in [5.74, 6) is 0.365. The highest BCUT2D eigenvalue weighted by Crippen LogP contribution is 2.12. The molecule has 0 aromatic heterocycles. The van der Waals surface area contributed by atoms with Crippen LogP contribution in [0.5, 0.6) is 5.75 Å². The molecule has 1 aromatic carbocycles. The lowest BCUT2D eigenvalue weighted by Gasteiger charge is -2.22. The standard InChI is InChI=1S/C15H24N2O4/c1-3-17(10-15(19)20-2)9-13(18)11-21-14-6-4-12(8-16)5-7-14/h4-7,13,18H,3,8-11,16H2,1-2H3. The first-order valence-corrected chi connectivity index (χ1v) is 6.98. The number of aliphatic hydroxyl groups excluding tert-OH is 1. The Bertz CT molecular complexity index is 422. The third-order valence-corrected chi connectivity index (χ3v) is 3.10. The molecule has 6 heteroatoms. The quantitative estimate of drug-likeness (QED) is 0.641. The van der Waals surface area contributed by atoms with Crippen molar-refractivity contribution in [2.45, 2.75) is 19.6 Å². The maximum absolute atomic E-state index is 11.2. The van der Waals surface area contributed by atoms with E-state index in [1.54, 1.807) is 4.90 Å². The lowest BCUT2D eigenvalue weighted by Crippen LogP contribution is -2.38. The van der Waals surface area contributed by atoms with Gasteiger partial charge in [-0.3, -0.25) is 9.69 Å². The molecule has 21 heavy (non-hydrogen) atoms. The lowest BCUT2D eigenvalue weighted by atomic mass is 10.2. The maximum atomic E-state index is 11.2. The molecule has 0 radical (unpaired) electrons. The Kier molecular flexibility index (Phi) is 7.74. The molecular formula is C15H24N2O4. The van der Waals surface area contributed by atoms with E-state index in [9.17, 15) is 9.90 Å². The Morgan fingerprint density at radius 3 is 2.57 bits per heavy atom. The molecule has 3 N–H and O–H groups in total. The van der Waals surface area contributed by atoms with Gasteiger partial charge < -0.3 is 20.3 Å². The van der Waals surface area contributed by atoms with Crippen LogP contribution in [-0.2, 0) is 16.1 Å². The van der Waals surface area contributed by atoms with Gasteiger partial charge in [0.15, 0.2) is 0 Å². The molecule has 0 saturated carbocycles. The van der Waals surface area contributed by atoms with Gasteiger partial charge in [-0.1, -0.05) is 19.1 Å². The molecule has 118 valence electrons. The van der Waals surface area contributed by atoms with Crippen molar-refractivity contribution in [1.82, 2.24) is 4.90 Å². The number of carbonyl (C=O) groups is 1. The largest absolute Gasteiger partial charge is 0.491 e. The van der Waals surface area contributed by atoms with Crippen LogP contribution in [0.3, 0.4) is 0 Å². The van der Waals surface area contributed by atoms with E-state index in [1.807, 2.05) is 31.2 Å². The number of benzene rings is 1. The molecule has 0 fully saturated rings. The fourth-order valence-electron chi connectivity index (χ4n) is 1.82. The number of hydrogen-bond donors (Lipinski definition) is 2. The molecule has 1 atom stereocenters. The summed E-state index contributed by atoms with van der Waals surface area (Å²) < 4.78 is 10.1. The summed E-state index contributed by atoms with van der Waals surface area (Å²) in [6.07, 6.45) is -0.677. The van der Waals surface area contributed by atoms with E-state index < -0.39 is 6.10 Å². The number of aliphatic hydroxyl groups is 1. The van der Waals surface area contributed by atoms with Gasteiger partial charge in [0.1, 0.15) is 18.5 Å². The van der Waals surface area contributed by atoms with E-state index in [0.29, 0.717) is 25.4 Å². The number of nitrogens with two attached hydrogens (primary N) is 1. The first-order chi connectivity index (χ1) is 10.1. The van der Waals surface area contributed by atoms with Gasteiger partial charge in [0.25, 0.3) is 0 Å². The molecular weight excluding hydrogens is 272 g/mol.